The van der Waals surface area contributed by atoms with Crippen LogP contribution in [0.1, 0.15) is 66.2 Å². The lowest BCUT2D eigenvalue weighted by atomic mass is 10.1. The number of unbranched alkanes of at least 4 members (excludes halogenated alkanes) is 5. The summed E-state index contributed by atoms with van der Waals surface area (Å²) in [4.78, 5) is 21.9. The molecule has 0 saturated carbocycles. The topological polar surface area (TPSA) is 64.8 Å². The van der Waals surface area contributed by atoms with E-state index in [0.717, 1.165) is 18.5 Å². The molecule has 1 heterocycles. The highest BCUT2D eigenvalue weighted by Crippen LogP contribution is 2.17. The summed E-state index contributed by atoms with van der Waals surface area (Å²) >= 11 is 0. The number of carbonyl (C=O) groups is 2. The van der Waals surface area contributed by atoms with Crippen molar-refractivity contribution in [3.8, 4) is 0 Å². The molecule has 21 heavy (non-hydrogen) atoms. The van der Waals surface area contributed by atoms with Gasteiger partial charge in [-0.2, -0.15) is 0 Å². The van der Waals surface area contributed by atoms with Crippen LogP contribution in [0.2, 0.25) is 0 Å². The molecule has 0 radical (unpaired) electrons. The molecule has 0 aliphatic carbocycles. The highest BCUT2D eigenvalue weighted by atomic mass is 16.1. The lowest BCUT2D eigenvalue weighted by molar-refractivity contribution is 0.109. The van der Waals surface area contributed by atoms with Crippen molar-refractivity contribution in [1.82, 2.24) is 15.0 Å². The van der Waals surface area contributed by atoms with Crippen LogP contribution in [0, 0.1) is 0 Å². The van der Waals surface area contributed by atoms with Gasteiger partial charge in [0.1, 0.15) is 5.52 Å². The summed E-state index contributed by atoms with van der Waals surface area (Å²) in [5, 5.41) is 8.18. The van der Waals surface area contributed by atoms with Crippen LogP contribution in [-0.4, -0.2) is 27.6 Å². The van der Waals surface area contributed by atoms with E-state index in [1.165, 1.54) is 32.1 Å². The van der Waals surface area contributed by atoms with Crippen molar-refractivity contribution in [2.24, 2.45) is 0 Å². The first kappa shape index (κ1) is 15.4. The second-order valence-corrected chi connectivity index (χ2v) is 5.29. The molecule has 0 amide bonds. The minimum Gasteiger partial charge on any atom is -0.298 e. The Morgan fingerprint density at radius 3 is 2.38 bits per heavy atom. The fourth-order valence-corrected chi connectivity index (χ4v) is 2.46. The first-order valence-electron chi connectivity index (χ1n) is 7.57. The molecule has 5 nitrogen and oxygen atoms in total. The summed E-state index contributed by atoms with van der Waals surface area (Å²) in [7, 11) is 0. The molecule has 2 rings (SSSR count). The number of aryl methyl sites for hydroxylation is 1. The molecule has 0 fully saturated rings. The molecule has 0 saturated heterocycles. The van der Waals surface area contributed by atoms with Crippen molar-refractivity contribution < 1.29 is 9.59 Å². The SMILES string of the molecule is CCCCCCCCn1nnc2cc(C=O)c(C=O)cc21. The Bertz CT molecular complexity index is 619. The second-order valence-electron chi connectivity index (χ2n) is 5.29. The summed E-state index contributed by atoms with van der Waals surface area (Å²) in [5.74, 6) is 0. The van der Waals surface area contributed by atoms with E-state index in [9.17, 15) is 9.59 Å². The molecule has 2 aromatic rings. The number of hydrogen-bond donors (Lipinski definition) is 0. The third-order valence-electron chi connectivity index (χ3n) is 3.70. The number of aldehydes is 2. The van der Waals surface area contributed by atoms with Crippen LogP contribution in [0.5, 0.6) is 0 Å². The van der Waals surface area contributed by atoms with E-state index in [-0.39, 0.29) is 0 Å². The average Bonchev–Trinajstić information content (AvgIpc) is 2.91. The van der Waals surface area contributed by atoms with Gasteiger partial charge in [0.05, 0.1) is 5.52 Å². The smallest absolute Gasteiger partial charge is 0.150 e. The highest BCUT2D eigenvalue weighted by molar-refractivity contribution is 5.96. The van der Waals surface area contributed by atoms with Crippen LogP contribution >= 0.6 is 0 Å². The van der Waals surface area contributed by atoms with Gasteiger partial charge in [-0.05, 0) is 18.6 Å². The number of hydrogen-bond acceptors (Lipinski definition) is 4. The van der Waals surface area contributed by atoms with Crippen LogP contribution in [-0.2, 0) is 6.54 Å². The Labute approximate surface area is 124 Å². The summed E-state index contributed by atoms with van der Waals surface area (Å²) in [6, 6.07) is 3.32. The normalized spacial score (nSPS) is 10.9. The number of carbonyl (C=O) groups excluding carboxylic acids is 2. The van der Waals surface area contributed by atoms with Gasteiger partial charge >= 0.3 is 0 Å². The van der Waals surface area contributed by atoms with Crippen molar-refractivity contribution in [2.75, 3.05) is 0 Å². The molecule has 112 valence electrons. The molecule has 1 aromatic heterocycles. The van der Waals surface area contributed by atoms with E-state index in [1.54, 1.807) is 12.1 Å². The van der Waals surface area contributed by atoms with Gasteiger partial charge in [-0.25, -0.2) is 4.68 Å². The van der Waals surface area contributed by atoms with Gasteiger partial charge in [0.15, 0.2) is 12.6 Å². The number of nitrogens with zero attached hydrogens (tertiary/aromatic N) is 3. The fourth-order valence-electron chi connectivity index (χ4n) is 2.46. The van der Waals surface area contributed by atoms with E-state index in [1.807, 2.05) is 4.68 Å². The van der Waals surface area contributed by atoms with Gasteiger partial charge in [-0.1, -0.05) is 44.2 Å². The maximum Gasteiger partial charge on any atom is 0.150 e. The monoisotopic (exact) mass is 287 g/mol. The summed E-state index contributed by atoms with van der Waals surface area (Å²) in [6.07, 6.45) is 8.68. The number of aromatic nitrogens is 3. The Hall–Kier alpha value is -2.04. The Balaban J connectivity index is 2.04. The predicted octanol–water partition coefficient (Wildman–Crippen LogP) is 3.42. The van der Waals surface area contributed by atoms with Gasteiger partial charge in [-0.15, -0.1) is 5.10 Å². The minimum absolute atomic E-state index is 0.365. The quantitative estimate of drug-likeness (QED) is 0.523. The van der Waals surface area contributed by atoms with E-state index < -0.39 is 0 Å². The molecule has 0 aliphatic heterocycles. The molecule has 5 heteroatoms. The molecule has 0 bridgehead atoms. The number of benzene rings is 1. The van der Waals surface area contributed by atoms with Gasteiger partial charge in [-0.3, -0.25) is 9.59 Å². The lowest BCUT2D eigenvalue weighted by Crippen LogP contribution is -2.01. The molecule has 0 aliphatic rings. The van der Waals surface area contributed by atoms with Gasteiger partial charge < -0.3 is 0 Å². The van der Waals surface area contributed by atoms with E-state index in [4.69, 9.17) is 0 Å². The Kier molecular flexibility index (Phi) is 5.60. The van der Waals surface area contributed by atoms with Crippen LogP contribution in [0.25, 0.3) is 11.0 Å². The third-order valence-corrected chi connectivity index (χ3v) is 3.70. The zero-order valence-electron chi connectivity index (χ0n) is 12.4. The zero-order chi connectivity index (χ0) is 15.1. The maximum atomic E-state index is 11.0. The second kappa shape index (κ2) is 7.67. The average molecular weight is 287 g/mol. The Morgan fingerprint density at radius 2 is 1.67 bits per heavy atom. The number of fused-ring (bicyclic) bond motifs is 1. The van der Waals surface area contributed by atoms with E-state index in [2.05, 4.69) is 17.2 Å². The first-order chi connectivity index (χ1) is 10.3. The van der Waals surface area contributed by atoms with Crippen molar-refractivity contribution in [3.63, 3.8) is 0 Å². The lowest BCUT2D eigenvalue weighted by Gasteiger charge is -2.03. The van der Waals surface area contributed by atoms with Crippen molar-refractivity contribution >= 4 is 23.6 Å². The standard InChI is InChI=1S/C16H21N3O2/c1-2-3-4-5-6-7-8-19-16-10-14(12-21)13(11-20)9-15(16)17-18-19/h9-12H,2-8H2,1H3. The molecule has 1 aromatic carbocycles. The molecule has 0 atom stereocenters. The summed E-state index contributed by atoms with van der Waals surface area (Å²) in [6.45, 7) is 3.00. The van der Waals surface area contributed by atoms with Crippen molar-refractivity contribution in [3.05, 3.63) is 23.3 Å². The van der Waals surface area contributed by atoms with E-state index >= 15 is 0 Å². The van der Waals surface area contributed by atoms with Crippen LogP contribution < -0.4 is 0 Å². The predicted molar refractivity (Wildman–Crippen MR) is 81.7 cm³/mol. The maximum absolute atomic E-state index is 11.0. The largest absolute Gasteiger partial charge is 0.298 e. The fraction of sp³-hybridized carbons (Fsp3) is 0.500. The number of rotatable bonds is 9. The summed E-state index contributed by atoms with van der Waals surface area (Å²) < 4.78 is 1.82. The van der Waals surface area contributed by atoms with Crippen LogP contribution in [0.4, 0.5) is 0 Å². The first-order valence-corrected chi connectivity index (χ1v) is 7.57. The molecular weight excluding hydrogens is 266 g/mol. The molecular formula is C16H21N3O2. The molecule has 0 N–H and O–H groups in total. The van der Waals surface area contributed by atoms with Crippen LogP contribution in [0.3, 0.4) is 0 Å². The van der Waals surface area contributed by atoms with Gasteiger partial charge in [0, 0.05) is 17.7 Å². The summed E-state index contributed by atoms with van der Waals surface area (Å²) in [5.41, 5.74) is 2.23. The van der Waals surface area contributed by atoms with Gasteiger partial charge in [0.2, 0.25) is 0 Å². The third kappa shape index (κ3) is 3.74. The Morgan fingerprint density at radius 1 is 1.00 bits per heavy atom. The molecule has 0 unspecified atom stereocenters. The van der Waals surface area contributed by atoms with Crippen molar-refractivity contribution in [2.45, 2.75) is 52.0 Å². The van der Waals surface area contributed by atoms with E-state index in [0.29, 0.717) is 29.2 Å². The minimum atomic E-state index is 0.365. The highest BCUT2D eigenvalue weighted by Gasteiger charge is 2.09. The van der Waals surface area contributed by atoms with Crippen molar-refractivity contribution in [1.29, 1.82) is 0 Å². The zero-order valence-corrected chi connectivity index (χ0v) is 12.4. The van der Waals surface area contributed by atoms with Gasteiger partial charge in [0.25, 0.3) is 0 Å². The van der Waals surface area contributed by atoms with Crippen LogP contribution in [0.15, 0.2) is 12.1 Å². The molecule has 0 spiro atoms.